The molecule has 0 bridgehead atoms. The van der Waals surface area contributed by atoms with Crippen molar-refractivity contribution in [2.45, 2.75) is 41.2 Å². The van der Waals surface area contributed by atoms with E-state index in [1.54, 1.807) is 4.90 Å². The molecule has 1 heterocycles. The molecule has 0 atom stereocenters. The summed E-state index contributed by atoms with van der Waals surface area (Å²) in [6.45, 7) is 10.4. The molecule has 23 heavy (non-hydrogen) atoms. The van der Waals surface area contributed by atoms with E-state index >= 15 is 0 Å². The van der Waals surface area contributed by atoms with E-state index in [1.807, 2.05) is 52.0 Å². The van der Waals surface area contributed by atoms with Crippen LogP contribution in [0.15, 0.2) is 24.3 Å². The highest BCUT2D eigenvalue weighted by atomic mass is 16.2. The van der Waals surface area contributed by atoms with Crippen LogP contribution in [0.25, 0.3) is 0 Å². The van der Waals surface area contributed by atoms with E-state index < -0.39 is 0 Å². The summed E-state index contributed by atoms with van der Waals surface area (Å²) >= 11 is 0. The smallest absolute Gasteiger partial charge is 0.270 e. The Kier molecular flexibility index (Phi) is 5.04. The summed E-state index contributed by atoms with van der Waals surface area (Å²) in [7, 11) is 0. The van der Waals surface area contributed by atoms with Gasteiger partial charge in [-0.05, 0) is 51.3 Å². The maximum atomic E-state index is 12.9. The van der Waals surface area contributed by atoms with Gasteiger partial charge in [0, 0.05) is 24.3 Å². The Morgan fingerprint density at radius 2 is 1.78 bits per heavy atom. The van der Waals surface area contributed by atoms with Crippen LogP contribution in [-0.2, 0) is 6.54 Å². The fourth-order valence-corrected chi connectivity index (χ4v) is 2.97. The number of benzene rings is 1. The van der Waals surface area contributed by atoms with Gasteiger partial charge in [-0.3, -0.25) is 9.59 Å². The molecule has 0 aliphatic heterocycles. The lowest BCUT2D eigenvalue weighted by Crippen LogP contribution is -2.31. The van der Waals surface area contributed by atoms with E-state index in [-0.39, 0.29) is 11.7 Å². The van der Waals surface area contributed by atoms with E-state index in [9.17, 15) is 9.59 Å². The van der Waals surface area contributed by atoms with Crippen molar-refractivity contribution in [3.05, 3.63) is 57.9 Å². The molecule has 4 heteroatoms. The zero-order valence-corrected chi connectivity index (χ0v) is 14.5. The van der Waals surface area contributed by atoms with Crippen LogP contribution < -0.4 is 0 Å². The first kappa shape index (κ1) is 17.0. The molecule has 1 amide bonds. The van der Waals surface area contributed by atoms with Crippen molar-refractivity contribution in [3.63, 3.8) is 0 Å². The Bertz CT molecular complexity index is 744. The number of rotatable bonds is 5. The normalized spacial score (nSPS) is 10.7. The molecule has 2 aromatic rings. The predicted octanol–water partition coefficient (Wildman–Crippen LogP) is 3.80. The van der Waals surface area contributed by atoms with Gasteiger partial charge in [0.15, 0.2) is 5.78 Å². The predicted molar refractivity (Wildman–Crippen MR) is 91.9 cm³/mol. The molecular formula is C19H24N2O2. The first-order chi connectivity index (χ1) is 10.9. The number of aromatic nitrogens is 1. The largest absolute Gasteiger partial charge is 0.354 e. The number of carbonyl (C=O) groups is 2. The van der Waals surface area contributed by atoms with Gasteiger partial charge in [-0.25, -0.2) is 0 Å². The Hall–Kier alpha value is -2.36. The van der Waals surface area contributed by atoms with E-state index in [4.69, 9.17) is 0 Å². The van der Waals surface area contributed by atoms with Crippen molar-refractivity contribution in [2.75, 3.05) is 6.54 Å². The van der Waals surface area contributed by atoms with Gasteiger partial charge in [0.25, 0.3) is 5.91 Å². The molecule has 0 aliphatic rings. The third-order valence-electron chi connectivity index (χ3n) is 4.29. The molecular weight excluding hydrogens is 288 g/mol. The third-order valence-corrected chi connectivity index (χ3v) is 4.29. The van der Waals surface area contributed by atoms with Gasteiger partial charge in [-0.15, -0.1) is 0 Å². The summed E-state index contributed by atoms with van der Waals surface area (Å²) in [4.78, 5) is 29.5. The summed E-state index contributed by atoms with van der Waals surface area (Å²) in [6, 6.07) is 8.07. The van der Waals surface area contributed by atoms with E-state index in [2.05, 4.69) is 4.98 Å². The summed E-state index contributed by atoms with van der Waals surface area (Å²) < 4.78 is 0. The van der Waals surface area contributed by atoms with Crippen LogP contribution >= 0.6 is 0 Å². The SMILES string of the molecule is CCN(Cc1ccccc1C)C(=O)c1[nH]c(C)c(C(C)=O)c1C. The average molecular weight is 312 g/mol. The number of aryl methyl sites for hydroxylation is 2. The number of ketones is 1. The fraction of sp³-hybridized carbons (Fsp3) is 0.368. The van der Waals surface area contributed by atoms with Crippen molar-refractivity contribution >= 4 is 11.7 Å². The molecule has 2 rings (SSSR count). The zero-order chi connectivity index (χ0) is 17.1. The number of nitrogens with zero attached hydrogens (tertiary/aromatic N) is 1. The maximum absolute atomic E-state index is 12.9. The lowest BCUT2D eigenvalue weighted by atomic mass is 10.1. The van der Waals surface area contributed by atoms with Crippen molar-refractivity contribution in [2.24, 2.45) is 0 Å². The molecule has 1 aromatic heterocycles. The van der Waals surface area contributed by atoms with E-state index in [0.717, 1.165) is 16.8 Å². The quantitative estimate of drug-likeness (QED) is 0.854. The van der Waals surface area contributed by atoms with E-state index in [0.29, 0.717) is 24.3 Å². The number of Topliss-reactive ketones (excluding diaryl/α,β-unsaturated/α-hetero) is 1. The zero-order valence-electron chi connectivity index (χ0n) is 14.5. The van der Waals surface area contributed by atoms with Crippen LogP contribution in [0.2, 0.25) is 0 Å². The lowest BCUT2D eigenvalue weighted by molar-refractivity contribution is 0.0746. The molecule has 0 fully saturated rings. The first-order valence-electron chi connectivity index (χ1n) is 7.90. The highest BCUT2D eigenvalue weighted by molar-refractivity contribution is 6.02. The number of H-pyrrole nitrogens is 1. The summed E-state index contributed by atoms with van der Waals surface area (Å²) in [5, 5.41) is 0. The Balaban J connectivity index is 2.33. The number of hydrogen-bond acceptors (Lipinski definition) is 2. The van der Waals surface area contributed by atoms with Gasteiger partial charge < -0.3 is 9.88 Å². The molecule has 0 unspecified atom stereocenters. The molecule has 4 nitrogen and oxygen atoms in total. The molecule has 0 saturated carbocycles. The van der Waals surface area contributed by atoms with Crippen LogP contribution in [0.1, 0.15) is 57.1 Å². The van der Waals surface area contributed by atoms with Crippen molar-refractivity contribution in [1.82, 2.24) is 9.88 Å². The van der Waals surface area contributed by atoms with E-state index in [1.165, 1.54) is 12.5 Å². The van der Waals surface area contributed by atoms with Crippen LogP contribution in [-0.4, -0.2) is 28.1 Å². The van der Waals surface area contributed by atoms with Crippen LogP contribution in [0.3, 0.4) is 0 Å². The number of nitrogens with one attached hydrogen (secondary N) is 1. The third kappa shape index (κ3) is 3.36. The Morgan fingerprint density at radius 1 is 1.13 bits per heavy atom. The van der Waals surface area contributed by atoms with Crippen LogP contribution in [0.4, 0.5) is 0 Å². The van der Waals surface area contributed by atoms with Gasteiger partial charge in [-0.2, -0.15) is 0 Å². The van der Waals surface area contributed by atoms with Crippen molar-refractivity contribution in [3.8, 4) is 0 Å². The molecule has 1 N–H and O–H groups in total. The van der Waals surface area contributed by atoms with Crippen LogP contribution in [0.5, 0.6) is 0 Å². The standard InChI is InChI=1S/C19H24N2O2/c1-6-21(11-16-10-8-7-9-12(16)2)19(23)18-13(3)17(15(5)22)14(4)20-18/h7-10,20H,6,11H2,1-5H3. The number of hydrogen-bond donors (Lipinski definition) is 1. The topological polar surface area (TPSA) is 53.2 Å². The monoisotopic (exact) mass is 312 g/mol. The lowest BCUT2D eigenvalue weighted by Gasteiger charge is -2.22. The fourth-order valence-electron chi connectivity index (χ4n) is 2.97. The van der Waals surface area contributed by atoms with Gasteiger partial charge in [0.1, 0.15) is 5.69 Å². The molecule has 122 valence electrons. The van der Waals surface area contributed by atoms with Gasteiger partial charge >= 0.3 is 0 Å². The molecule has 0 radical (unpaired) electrons. The minimum atomic E-state index is -0.0659. The maximum Gasteiger partial charge on any atom is 0.270 e. The van der Waals surface area contributed by atoms with Crippen LogP contribution in [0, 0.1) is 20.8 Å². The minimum Gasteiger partial charge on any atom is -0.354 e. The number of aromatic amines is 1. The average Bonchev–Trinajstić information content (AvgIpc) is 2.80. The van der Waals surface area contributed by atoms with Crippen molar-refractivity contribution in [1.29, 1.82) is 0 Å². The highest BCUT2D eigenvalue weighted by Crippen LogP contribution is 2.21. The summed E-state index contributed by atoms with van der Waals surface area (Å²) in [6.07, 6.45) is 0. The Morgan fingerprint density at radius 3 is 2.30 bits per heavy atom. The summed E-state index contributed by atoms with van der Waals surface area (Å²) in [5.41, 5.74) is 4.94. The number of amides is 1. The molecule has 0 spiro atoms. The second-order valence-corrected chi connectivity index (χ2v) is 5.93. The van der Waals surface area contributed by atoms with Gasteiger partial charge in [0.2, 0.25) is 0 Å². The van der Waals surface area contributed by atoms with Gasteiger partial charge in [0.05, 0.1) is 0 Å². The molecule has 0 aliphatic carbocycles. The minimum absolute atomic E-state index is 0.0164. The molecule has 1 aromatic carbocycles. The van der Waals surface area contributed by atoms with Gasteiger partial charge in [-0.1, -0.05) is 24.3 Å². The second-order valence-electron chi connectivity index (χ2n) is 5.93. The second kappa shape index (κ2) is 6.82. The highest BCUT2D eigenvalue weighted by Gasteiger charge is 2.23. The number of carbonyl (C=O) groups excluding carboxylic acids is 2. The summed E-state index contributed by atoms with van der Waals surface area (Å²) in [5.74, 6) is -0.0823. The first-order valence-corrected chi connectivity index (χ1v) is 7.90. The van der Waals surface area contributed by atoms with Crippen molar-refractivity contribution < 1.29 is 9.59 Å². The molecule has 0 saturated heterocycles. The Labute approximate surface area is 137 Å².